The van der Waals surface area contributed by atoms with Gasteiger partial charge < -0.3 is 10.1 Å². The van der Waals surface area contributed by atoms with E-state index in [-0.39, 0.29) is 11.0 Å². The second-order valence-electron chi connectivity index (χ2n) is 7.90. The van der Waals surface area contributed by atoms with Gasteiger partial charge in [0.05, 0.1) is 11.1 Å². The molecule has 2 fully saturated rings. The smallest absolute Gasteiger partial charge is 0.0935 e. The van der Waals surface area contributed by atoms with Crippen LogP contribution >= 0.6 is 11.3 Å². The summed E-state index contributed by atoms with van der Waals surface area (Å²) in [6.45, 7) is 10.8. The monoisotopic (exact) mass is 308 g/mol. The second-order valence-corrected chi connectivity index (χ2v) is 8.85. The first-order valence-electron chi connectivity index (χ1n) is 8.16. The molecule has 0 bridgehead atoms. The number of nitrogens with zero attached hydrogens (tertiary/aromatic N) is 1. The van der Waals surface area contributed by atoms with E-state index in [0.717, 1.165) is 37.6 Å². The fourth-order valence-corrected chi connectivity index (χ4v) is 4.34. The topological polar surface area (TPSA) is 34.1 Å². The summed E-state index contributed by atoms with van der Waals surface area (Å²) in [4.78, 5) is 4.71. The molecule has 118 valence electrons. The van der Waals surface area contributed by atoms with E-state index < -0.39 is 0 Å². The van der Waals surface area contributed by atoms with Crippen molar-refractivity contribution in [2.75, 3.05) is 13.2 Å². The summed E-state index contributed by atoms with van der Waals surface area (Å²) in [5.74, 6) is 0.787. The lowest BCUT2D eigenvalue weighted by Crippen LogP contribution is -2.49. The predicted octanol–water partition coefficient (Wildman–Crippen LogP) is 3.57. The van der Waals surface area contributed by atoms with Crippen molar-refractivity contribution < 1.29 is 4.74 Å². The maximum atomic E-state index is 6.17. The van der Waals surface area contributed by atoms with Crippen molar-refractivity contribution in [3.63, 3.8) is 0 Å². The van der Waals surface area contributed by atoms with Crippen molar-refractivity contribution >= 4 is 11.3 Å². The Morgan fingerprint density at radius 3 is 2.76 bits per heavy atom. The number of thiazole rings is 1. The van der Waals surface area contributed by atoms with Crippen molar-refractivity contribution in [1.82, 2.24) is 10.3 Å². The molecule has 1 aliphatic heterocycles. The third-order valence-electron chi connectivity index (χ3n) is 4.69. The average Bonchev–Trinajstić information content (AvgIpc) is 3.03. The van der Waals surface area contributed by atoms with Crippen LogP contribution < -0.4 is 5.32 Å². The maximum absolute atomic E-state index is 6.17. The molecule has 1 aliphatic carbocycles. The van der Waals surface area contributed by atoms with Gasteiger partial charge in [-0.05, 0) is 52.9 Å². The normalized spacial score (nSPS) is 30.0. The molecule has 1 aromatic heterocycles. The van der Waals surface area contributed by atoms with Crippen molar-refractivity contribution in [2.24, 2.45) is 11.3 Å². The number of hydrogen-bond acceptors (Lipinski definition) is 4. The van der Waals surface area contributed by atoms with Crippen LogP contribution in [0.15, 0.2) is 5.38 Å². The third kappa shape index (κ3) is 3.66. The number of rotatable bonds is 5. The molecular weight excluding hydrogens is 280 g/mol. The summed E-state index contributed by atoms with van der Waals surface area (Å²) < 4.78 is 6.17. The molecule has 3 nitrogen and oxygen atoms in total. The number of nitrogens with one attached hydrogen (secondary N) is 1. The van der Waals surface area contributed by atoms with Gasteiger partial charge in [0.1, 0.15) is 0 Å². The third-order valence-corrected chi connectivity index (χ3v) is 5.66. The van der Waals surface area contributed by atoms with E-state index in [1.54, 1.807) is 0 Å². The molecule has 3 rings (SSSR count). The first kappa shape index (κ1) is 15.4. The minimum absolute atomic E-state index is 0.155. The van der Waals surface area contributed by atoms with Gasteiger partial charge in [-0.15, -0.1) is 11.3 Å². The number of ether oxygens (including phenoxy) is 1. The van der Waals surface area contributed by atoms with Gasteiger partial charge in [-0.3, -0.25) is 0 Å². The highest BCUT2D eigenvalue weighted by molar-refractivity contribution is 7.09. The number of aromatic nitrogens is 1. The standard InChI is InChI=1S/C17H28N2OS/c1-12-10-21-14(19-12)9-17(11-18-16(2,3)4)7-8-20-15(17)13-5-6-13/h10,13,15,18H,5-9,11H2,1-4H3. The van der Waals surface area contributed by atoms with Crippen molar-refractivity contribution in [1.29, 1.82) is 0 Å². The zero-order chi connectivity index (χ0) is 15.1. The lowest BCUT2D eigenvalue weighted by molar-refractivity contribution is 0.0280. The fraction of sp³-hybridized carbons (Fsp3) is 0.824. The van der Waals surface area contributed by atoms with Crippen LogP contribution in [-0.4, -0.2) is 29.8 Å². The second kappa shape index (κ2) is 5.64. The summed E-state index contributed by atoms with van der Waals surface area (Å²) in [6.07, 6.45) is 5.35. The maximum Gasteiger partial charge on any atom is 0.0935 e. The average molecular weight is 308 g/mol. The highest BCUT2D eigenvalue weighted by Crippen LogP contribution is 2.49. The molecule has 1 aromatic rings. The summed E-state index contributed by atoms with van der Waals surface area (Å²) in [5.41, 5.74) is 1.54. The SMILES string of the molecule is Cc1csc(CC2(CNC(C)(C)C)CCOC2C2CC2)n1. The number of hydrogen-bond donors (Lipinski definition) is 1. The van der Waals surface area contributed by atoms with Crippen LogP contribution in [0.4, 0.5) is 0 Å². The minimum atomic E-state index is 0.155. The Morgan fingerprint density at radius 2 is 2.19 bits per heavy atom. The zero-order valence-corrected chi connectivity index (χ0v) is 14.6. The Hall–Kier alpha value is -0.450. The van der Waals surface area contributed by atoms with E-state index in [0.29, 0.717) is 6.10 Å². The summed E-state index contributed by atoms with van der Waals surface area (Å²) >= 11 is 1.81. The van der Waals surface area contributed by atoms with Gasteiger partial charge in [-0.2, -0.15) is 0 Å². The van der Waals surface area contributed by atoms with Crippen LogP contribution in [0.1, 0.15) is 50.7 Å². The molecule has 0 aromatic carbocycles. The van der Waals surface area contributed by atoms with Crippen LogP contribution in [0.25, 0.3) is 0 Å². The van der Waals surface area contributed by atoms with E-state index in [1.165, 1.54) is 17.8 Å². The molecular formula is C17H28N2OS. The van der Waals surface area contributed by atoms with Crippen LogP contribution in [0.5, 0.6) is 0 Å². The van der Waals surface area contributed by atoms with E-state index >= 15 is 0 Å². The molecule has 2 heterocycles. The molecule has 0 spiro atoms. The van der Waals surface area contributed by atoms with Crippen LogP contribution in [-0.2, 0) is 11.2 Å². The predicted molar refractivity (Wildman–Crippen MR) is 87.8 cm³/mol. The number of aryl methyl sites for hydroxylation is 1. The molecule has 4 heteroatoms. The van der Waals surface area contributed by atoms with E-state index in [1.807, 2.05) is 11.3 Å². The lowest BCUT2D eigenvalue weighted by Gasteiger charge is -2.37. The Kier molecular flexibility index (Phi) is 4.15. The zero-order valence-electron chi connectivity index (χ0n) is 13.7. The summed E-state index contributed by atoms with van der Waals surface area (Å²) in [7, 11) is 0. The molecule has 1 saturated heterocycles. The molecule has 0 amide bonds. The van der Waals surface area contributed by atoms with Gasteiger partial charge in [0.2, 0.25) is 0 Å². The van der Waals surface area contributed by atoms with Gasteiger partial charge >= 0.3 is 0 Å². The first-order chi connectivity index (χ1) is 9.88. The first-order valence-corrected chi connectivity index (χ1v) is 9.04. The lowest BCUT2D eigenvalue weighted by atomic mass is 9.75. The van der Waals surface area contributed by atoms with Crippen LogP contribution in [0.2, 0.25) is 0 Å². The van der Waals surface area contributed by atoms with Gasteiger partial charge in [-0.25, -0.2) is 4.98 Å². The molecule has 0 radical (unpaired) electrons. The van der Waals surface area contributed by atoms with Gasteiger partial charge in [0.15, 0.2) is 0 Å². The fourth-order valence-electron chi connectivity index (χ4n) is 3.41. The van der Waals surface area contributed by atoms with Crippen molar-refractivity contribution in [3.8, 4) is 0 Å². The summed E-state index contributed by atoms with van der Waals surface area (Å²) in [6, 6.07) is 0. The molecule has 1 N–H and O–H groups in total. The van der Waals surface area contributed by atoms with Gasteiger partial charge in [0.25, 0.3) is 0 Å². The molecule has 2 atom stereocenters. The van der Waals surface area contributed by atoms with E-state index in [2.05, 4.69) is 38.4 Å². The highest BCUT2D eigenvalue weighted by Gasteiger charge is 2.51. The van der Waals surface area contributed by atoms with Crippen molar-refractivity contribution in [2.45, 2.75) is 65.0 Å². The van der Waals surface area contributed by atoms with Crippen molar-refractivity contribution in [3.05, 3.63) is 16.1 Å². The molecule has 1 saturated carbocycles. The summed E-state index contributed by atoms with van der Waals surface area (Å²) in [5, 5.41) is 7.19. The highest BCUT2D eigenvalue weighted by atomic mass is 32.1. The van der Waals surface area contributed by atoms with Crippen LogP contribution in [0, 0.1) is 18.3 Å². The van der Waals surface area contributed by atoms with Gasteiger partial charge in [0, 0.05) is 41.6 Å². The largest absolute Gasteiger partial charge is 0.377 e. The quantitative estimate of drug-likeness (QED) is 0.903. The van der Waals surface area contributed by atoms with Crippen LogP contribution in [0.3, 0.4) is 0 Å². The minimum Gasteiger partial charge on any atom is -0.377 e. The van der Waals surface area contributed by atoms with Gasteiger partial charge in [-0.1, -0.05) is 0 Å². The van der Waals surface area contributed by atoms with E-state index in [4.69, 9.17) is 9.72 Å². The Bertz CT molecular complexity index is 489. The Labute approximate surface area is 132 Å². The Morgan fingerprint density at radius 1 is 1.43 bits per heavy atom. The molecule has 21 heavy (non-hydrogen) atoms. The Balaban J connectivity index is 1.79. The molecule has 2 aliphatic rings. The molecule has 2 unspecified atom stereocenters. The van der Waals surface area contributed by atoms with E-state index in [9.17, 15) is 0 Å².